The van der Waals surface area contributed by atoms with Gasteiger partial charge in [-0.05, 0) is 31.2 Å². The lowest BCUT2D eigenvalue weighted by molar-refractivity contribution is -0.380. The van der Waals surface area contributed by atoms with E-state index in [1.807, 2.05) is 0 Å². The Morgan fingerprint density at radius 3 is 2.68 bits per heavy atom. The summed E-state index contributed by atoms with van der Waals surface area (Å²) in [5, 5.41) is 13.2. The predicted molar refractivity (Wildman–Crippen MR) is 85.1 cm³/mol. The van der Waals surface area contributed by atoms with Gasteiger partial charge in [-0.3, -0.25) is 19.7 Å². The number of nitro groups is 1. The maximum absolute atomic E-state index is 11.8. The summed E-state index contributed by atoms with van der Waals surface area (Å²) in [6, 6.07) is 9.57. The molecule has 22 heavy (non-hydrogen) atoms. The van der Waals surface area contributed by atoms with Gasteiger partial charge in [0.2, 0.25) is 5.91 Å². The number of thiophene rings is 1. The molecule has 6 nitrogen and oxygen atoms in total. The van der Waals surface area contributed by atoms with Crippen molar-refractivity contribution in [2.75, 3.05) is 5.32 Å². The van der Waals surface area contributed by atoms with E-state index in [9.17, 15) is 19.7 Å². The normalized spacial score (nSPS) is 10.6. The van der Waals surface area contributed by atoms with E-state index < -0.39 is 4.92 Å². The van der Waals surface area contributed by atoms with Gasteiger partial charge in [-0.2, -0.15) is 0 Å². The predicted octanol–water partition coefficient (Wildman–Crippen LogP) is 3.51. The summed E-state index contributed by atoms with van der Waals surface area (Å²) in [4.78, 5) is 33.8. The highest BCUT2D eigenvalue weighted by Gasteiger charge is 2.08. The minimum absolute atomic E-state index is 0.0224. The maximum atomic E-state index is 11.8. The van der Waals surface area contributed by atoms with Gasteiger partial charge < -0.3 is 5.32 Å². The van der Waals surface area contributed by atoms with E-state index in [1.165, 1.54) is 25.1 Å². The number of hydrogen-bond acceptors (Lipinski definition) is 5. The zero-order valence-corrected chi connectivity index (χ0v) is 12.4. The molecule has 1 amide bonds. The van der Waals surface area contributed by atoms with Crippen LogP contribution in [0.4, 0.5) is 10.7 Å². The van der Waals surface area contributed by atoms with Gasteiger partial charge in [0, 0.05) is 28.3 Å². The molecule has 1 heterocycles. The number of nitrogens with one attached hydrogen (secondary N) is 1. The number of carbonyl (C=O) groups excluding carboxylic acids is 2. The molecule has 0 aliphatic heterocycles. The first-order chi connectivity index (χ1) is 10.5. The lowest BCUT2D eigenvalue weighted by atomic mass is 10.1. The molecule has 0 radical (unpaired) electrons. The number of Topliss-reactive ketones (excluding diaryl/α,β-unsaturated/α-hetero) is 1. The van der Waals surface area contributed by atoms with Crippen LogP contribution < -0.4 is 5.32 Å². The van der Waals surface area contributed by atoms with Crippen LogP contribution in [0.3, 0.4) is 0 Å². The number of rotatable bonds is 5. The highest BCUT2D eigenvalue weighted by molar-refractivity contribution is 7.16. The topological polar surface area (TPSA) is 89.3 Å². The Morgan fingerprint density at radius 2 is 2.05 bits per heavy atom. The Hall–Kier alpha value is -2.80. The molecular formula is C15H12N2O4S. The standard InChI is InChI=1S/C15H12N2O4S/c1-10(18)11-3-2-4-12(9-11)16-14(19)7-5-13-6-8-15(22-13)17(20)21/h2-9H,1H3,(H,16,19)/b7-5+. The third kappa shape index (κ3) is 4.10. The van der Waals surface area contributed by atoms with Crippen molar-refractivity contribution >= 4 is 39.8 Å². The molecular weight excluding hydrogens is 304 g/mol. The van der Waals surface area contributed by atoms with Crippen LogP contribution in [0.1, 0.15) is 22.2 Å². The number of amides is 1. The molecule has 1 aromatic carbocycles. The molecule has 0 saturated heterocycles. The number of benzene rings is 1. The summed E-state index contributed by atoms with van der Waals surface area (Å²) in [6.45, 7) is 1.45. The zero-order valence-electron chi connectivity index (χ0n) is 11.6. The summed E-state index contributed by atoms with van der Waals surface area (Å²) in [6.07, 6.45) is 2.79. The molecule has 0 atom stereocenters. The lowest BCUT2D eigenvalue weighted by Crippen LogP contribution is -2.08. The average Bonchev–Trinajstić information content (AvgIpc) is 2.94. The zero-order chi connectivity index (χ0) is 16.1. The fourth-order valence-corrected chi connectivity index (χ4v) is 2.41. The van der Waals surface area contributed by atoms with Gasteiger partial charge in [0.25, 0.3) is 0 Å². The van der Waals surface area contributed by atoms with Crippen LogP contribution in [0.15, 0.2) is 42.5 Å². The van der Waals surface area contributed by atoms with Crippen LogP contribution in [0.5, 0.6) is 0 Å². The highest BCUT2D eigenvalue weighted by atomic mass is 32.1. The monoisotopic (exact) mass is 316 g/mol. The summed E-state index contributed by atoms with van der Waals surface area (Å²) < 4.78 is 0. The maximum Gasteiger partial charge on any atom is 0.324 e. The second-order valence-corrected chi connectivity index (χ2v) is 5.49. The number of carbonyl (C=O) groups is 2. The fraction of sp³-hybridized carbons (Fsp3) is 0.0667. The van der Waals surface area contributed by atoms with Crippen molar-refractivity contribution in [1.82, 2.24) is 0 Å². The van der Waals surface area contributed by atoms with Crippen LogP contribution in [0.2, 0.25) is 0 Å². The molecule has 1 aromatic heterocycles. The van der Waals surface area contributed by atoms with Crippen LogP contribution in [0.25, 0.3) is 6.08 Å². The van der Waals surface area contributed by atoms with E-state index in [4.69, 9.17) is 0 Å². The molecule has 0 bridgehead atoms. The lowest BCUT2D eigenvalue weighted by Gasteiger charge is -2.03. The van der Waals surface area contributed by atoms with E-state index in [1.54, 1.807) is 30.3 Å². The average molecular weight is 316 g/mol. The van der Waals surface area contributed by atoms with Crippen molar-refractivity contribution in [3.8, 4) is 0 Å². The summed E-state index contributed by atoms with van der Waals surface area (Å²) >= 11 is 0.985. The molecule has 112 valence electrons. The van der Waals surface area contributed by atoms with Crippen molar-refractivity contribution in [1.29, 1.82) is 0 Å². The number of anilines is 1. The van der Waals surface area contributed by atoms with Crippen molar-refractivity contribution in [3.63, 3.8) is 0 Å². The van der Waals surface area contributed by atoms with E-state index in [0.717, 1.165) is 11.3 Å². The fourth-order valence-electron chi connectivity index (χ4n) is 1.69. The first kappa shape index (κ1) is 15.6. The summed E-state index contributed by atoms with van der Waals surface area (Å²) in [5.74, 6) is -0.464. The molecule has 1 N–H and O–H groups in total. The van der Waals surface area contributed by atoms with Crippen LogP contribution >= 0.6 is 11.3 Å². The smallest absolute Gasteiger partial charge is 0.322 e. The van der Waals surface area contributed by atoms with Crippen LogP contribution in [-0.4, -0.2) is 16.6 Å². The van der Waals surface area contributed by atoms with E-state index in [-0.39, 0.29) is 16.7 Å². The van der Waals surface area contributed by atoms with Crippen molar-refractivity contribution in [2.45, 2.75) is 6.92 Å². The van der Waals surface area contributed by atoms with Crippen molar-refractivity contribution in [3.05, 3.63) is 63.0 Å². The van der Waals surface area contributed by atoms with Gasteiger partial charge in [0.15, 0.2) is 5.78 Å². The Kier molecular flexibility index (Phi) is 4.80. The number of ketones is 1. The van der Waals surface area contributed by atoms with Crippen LogP contribution in [0, 0.1) is 10.1 Å². The van der Waals surface area contributed by atoms with Gasteiger partial charge in [-0.15, -0.1) is 0 Å². The number of nitrogens with zero attached hydrogens (tertiary/aromatic N) is 1. The van der Waals surface area contributed by atoms with Gasteiger partial charge in [0.1, 0.15) is 0 Å². The molecule has 0 aliphatic rings. The number of hydrogen-bond donors (Lipinski definition) is 1. The Morgan fingerprint density at radius 1 is 1.27 bits per heavy atom. The van der Waals surface area contributed by atoms with E-state index in [2.05, 4.69) is 5.32 Å². The van der Waals surface area contributed by atoms with Gasteiger partial charge >= 0.3 is 5.00 Å². The minimum Gasteiger partial charge on any atom is -0.322 e. The highest BCUT2D eigenvalue weighted by Crippen LogP contribution is 2.24. The first-order valence-corrected chi connectivity index (χ1v) is 7.11. The Bertz CT molecular complexity index is 764. The summed E-state index contributed by atoms with van der Waals surface area (Å²) in [5.41, 5.74) is 1.02. The minimum atomic E-state index is -0.477. The molecule has 0 spiro atoms. The SMILES string of the molecule is CC(=O)c1cccc(NC(=O)/C=C/c2ccc([N+](=O)[O-])s2)c1. The molecule has 2 rings (SSSR count). The molecule has 0 unspecified atom stereocenters. The molecule has 2 aromatic rings. The van der Waals surface area contributed by atoms with Crippen LogP contribution in [-0.2, 0) is 4.79 Å². The third-order valence-corrected chi connectivity index (χ3v) is 3.73. The molecule has 0 saturated carbocycles. The van der Waals surface area contributed by atoms with Crippen molar-refractivity contribution in [2.24, 2.45) is 0 Å². The second-order valence-electron chi connectivity index (χ2n) is 4.39. The molecule has 7 heteroatoms. The van der Waals surface area contributed by atoms with Crippen molar-refractivity contribution < 1.29 is 14.5 Å². The largest absolute Gasteiger partial charge is 0.324 e. The third-order valence-electron chi connectivity index (χ3n) is 2.73. The Balaban J connectivity index is 2.03. The van der Waals surface area contributed by atoms with Gasteiger partial charge in [-0.1, -0.05) is 23.5 Å². The summed E-state index contributed by atoms with van der Waals surface area (Å²) in [7, 11) is 0. The first-order valence-electron chi connectivity index (χ1n) is 6.30. The molecule has 0 fully saturated rings. The quantitative estimate of drug-likeness (QED) is 0.395. The van der Waals surface area contributed by atoms with Gasteiger partial charge in [-0.25, -0.2) is 0 Å². The molecule has 0 aliphatic carbocycles. The second kappa shape index (κ2) is 6.77. The van der Waals surface area contributed by atoms with E-state index >= 15 is 0 Å². The van der Waals surface area contributed by atoms with E-state index in [0.29, 0.717) is 16.1 Å². The Labute approximate surface area is 130 Å². The van der Waals surface area contributed by atoms with Gasteiger partial charge in [0.05, 0.1) is 4.92 Å².